The summed E-state index contributed by atoms with van der Waals surface area (Å²) in [4.78, 5) is 29.9. The number of nitrogens with one attached hydrogen (secondary N) is 1. The number of aliphatic hydroxyl groups excluding tert-OH is 1. The Hall–Kier alpha value is -2.51. The van der Waals surface area contributed by atoms with E-state index in [2.05, 4.69) is 10.3 Å². The highest BCUT2D eigenvalue weighted by atomic mass is 16.3. The van der Waals surface area contributed by atoms with Gasteiger partial charge in [0, 0.05) is 30.8 Å². The molecule has 2 amide bonds. The van der Waals surface area contributed by atoms with E-state index in [0.29, 0.717) is 17.8 Å². The van der Waals surface area contributed by atoms with Gasteiger partial charge in [0.2, 0.25) is 5.91 Å². The van der Waals surface area contributed by atoms with Crippen LogP contribution in [0.2, 0.25) is 0 Å². The lowest BCUT2D eigenvalue weighted by molar-refractivity contribution is -0.116. The summed E-state index contributed by atoms with van der Waals surface area (Å²) in [6.07, 6.45) is 7.09. The number of nitrogens with two attached hydrogens (primary N) is 1. The number of hydrogen-bond donors (Lipinski definition) is 3. The van der Waals surface area contributed by atoms with Crippen molar-refractivity contribution in [3.05, 3.63) is 47.7 Å². The molecule has 0 saturated heterocycles. The molecule has 0 aliphatic heterocycles. The van der Waals surface area contributed by atoms with Crippen LogP contribution in [0.3, 0.4) is 0 Å². The highest BCUT2D eigenvalue weighted by Crippen LogP contribution is 2.17. The molecule has 1 aliphatic rings. The zero-order chi connectivity index (χ0) is 18.4. The highest BCUT2D eigenvalue weighted by molar-refractivity contribution is 5.96. The molecule has 1 unspecified atom stereocenters. The Bertz CT molecular complexity index is 697. The summed E-state index contributed by atoms with van der Waals surface area (Å²) >= 11 is 0. The lowest BCUT2D eigenvalue weighted by Gasteiger charge is -2.27. The molecular weight excluding hydrogens is 320 g/mol. The van der Waals surface area contributed by atoms with Gasteiger partial charge in [-0.15, -0.1) is 0 Å². The summed E-state index contributed by atoms with van der Waals surface area (Å²) in [5, 5.41) is 12.7. The first-order chi connectivity index (χ1) is 11.9. The van der Waals surface area contributed by atoms with E-state index in [9.17, 15) is 14.7 Å². The number of rotatable bonds is 7. The Morgan fingerprint density at radius 3 is 2.84 bits per heavy atom. The van der Waals surface area contributed by atoms with E-state index in [1.807, 2.05) is 25.2 Å². The van der Waals surface area contributed by atoms with Gasteiger partial charge in [0.1, 0.15) is 12.0 Å². The second-order valence-electron chi connectivity index (χ2n) is 5.95. The Kier molecular flexibility index (Phi) is 6.44. The number of nitrogens with zero attached hydrogens (tertiary/aromatic N) is 2. The molecule has 0 fully saturated rings. The molecule has 1 aliphatic carbocycles. The minimum atomic E-state index is -0.979. The maximum Gasteiger partial charge on any atom is 0.256 e. The van der Waals surface area contributed by atoms with Crippen LogP contribution in [-0.2, 0) is 4.79 Å². The Morgan fingerprint density at radius 2 is 2.24 bits per heavy atom. The van der Waals surface area contributed by atoms with Crippen molar-refractivity contribution >= 4 is 17.6 Å². The summed E-state index contributed by atoms with van der Waals surface area (Å²) in [5.41, 5.74) is 7.12. The maximum absolute atomic E-state index is 12.8. The minimum Gasteiger partial charge on any atom is -0.374 e. The fourth-order valence-electron chi connectivity index (χ4n) is 2.49. The summed E-state index contributed by atoms with van der Waals surface area (Å²) < 4.78 is 0. The van der Waals surface area contributed by atoms with Gasteiger partial charge in [-0.2, -0.15) is 0 Å². The summed E-state index contributed by atoms with van der Waals surface area (Å²) in [5.74, 6) is -0.197. The monoisotopic (exact) mass is 344 g/mol. The van der Waals surface area contributed by atoms with Crippen LogP contribution < -0.4 is 11.1 Å². The molecule has 4 N–H and O–H groups in total. The van der Waals surface area contributed by atoms with Crippen molar-refractivity contribution in [1.82, 2.24) is 9.88 Å². The first kappa shape index (κ1) is 18.8. The number of amides is 2. The first-order valence-corrected chi connectivity index (χ1v) is 8.30. The van der Waals surface area contributed by atoms with E-state index in [4.69, 9.17) is 5.73 Å². The van der Waals surface area contributed by atoms with E-state index < -0.39 is 6.23 Å². The molecule has 7 heteroatoms. The van der Waals surface area contributed by atoms with E-state index >= 15 is 0 Å². The maximum atomic E-state index is 12.8. The van der Waals surface area contributed by atoms with Crippen molar-refractivity contribution in [3.8, 4) is 0 Å². The highest BCUT2D eigenvalue weighted by Gasteiger charge is 2.24. The van der Waals surface area contributed by atoms with Crippen molar-refractivity contribution < 1.29 is 14.7 Å². The van der Waals surface area contributed by atoms with Gasteiger partial charge in [-0.3, -0.25) is 9.59 Å². The fourth-order valence-corrected chi connectivity index (χ4v) is 2.49. The van der Waals surface area contributed by atoms with Crippen LogP contribution in [-0.4, -0.2) is 45.6 Å². The number of aliphatic hydroxyl groups is 1. The average Bonchev–Trinajstić information content (AvgIpc) is 2.97. The zero-order valence-electron chi connectivity index (χ0n) is 14.5. The molecule has 0 bridgehead atoms. The van der Waals surface area contributed by atoms with Crippen molar-refractivity contribution in [2.75, 3.05) is 11.9 Å². The van der Waals surface area contributed by atoms with Gasteiger partial charge >= 0.3 is 0 Å². The number of allylic oxidation sites excluding steroid dienone is 2. The van der Waals surface area contributed by atoms with E-state index in [1.165, 1.54) is 24.1 Å². The minimum absolute atomic E-state index is 0.153. The van der Waals surface area contributed by atoms with Crippen LogP contribution in [0.5, 0.6) is 0 Å². The lowest BCUT2D eigenvalue weighted by Crippen LogP contribution is -2.41. The molecule has 134 valence electrons. The quantitative estimate of drug-likeness (QED) is 0.648. The van der Waals surface area contributed by atoms with Gasteiger partial charge in [-0.1, -0.05) is 25.2 Å². The van der Waals surface area contributed by atoms with Crippen LogP contribution in [0.4, 0.5) is 5.82 Å². The van der Waals surface area contributed by atoms with Crippen LogP contribution in [0.1, 0.15) is 37.0 Å². The lowest BCUT2D eigenvalue weighted by atomic mass is 10.1. The largest absolute Gasteiger partial charge is 0.374 e. The van der Waals surface area contributed by atoms with Crippen molar-refractivity contribution in [2.24, 2.45) is 5.73 Å². The third kappa shape index (κ3) is 4.98. The normalized spacial score (nSPS) is 17.1. The standard InChI is InChI=1S/C18H24N4O3/c1-3-5-17(24)21-16-10-13(8-9-20-16)18(25)22(12(2)23)11-14-6-4-7-15(14)19/h4,6-10,12,15,23H,3,5,11,19H2,1-2H3,(H,20,21,24)/t12-,15?/m1/s1. The number of aromatic nitrogens is 1. The molecule has 0 spiro atoms. The fraction of sp³-hybridized carbons (Fsp3) is 0.389. The Labute approximate surface area is 147 Å². The van der Waals surface area contributed by atoms with Gasteiger partial charge in [-0.05, 0) is 31.1 Å². The van der Waals surface area contributed by atoms with Gasteiger partial charge in [-0.25, -0.2) is 4.98 Å². The molecule has 0 saturated carbocycles. The SMILES string of the molecule is CCCC(=O)Nc1cc(C(=O)N(CC2=CC=CC2N)[C@@H](C)O)ccn1. The van der Waals surface area contributed by atoms with E-state index in [0.717, 1.165) is 12.0 Å². The zero-order valence-corrected chi connectivity index (χ0v) is 14.5. The number of pyridine rings is 1. The molecule has 0 aromatic carbocycles. The molecule has 2 rings (SSSR count). The summed E-state index contributed by atoms with van der Waals surface area (Å²) in [7, 11) is 0. The number of carbonyl (C=O) groups is 2. The van der Waals surface area contributed by atoms with E-state index in [-0.39, 0.29) is 24.4 Å². The van der Waals surface area contributed by atoms with Gasteiger partial charge in [0.25, 0.3) is 5.91 Å². The van der Waals surface area contributed by atoms with E-state index in [1.54, 1.807) is 6.07 Å². The third-order valence-electron chi connectivity index (χ3n) is 3.87. The van der Waals surface area contributed by atoms with Crippen molar-refractivity contribution in [2.45, 2.75) is 39.0 Å². The van der Waals surface area contributed by atoms with Crippen LogP contribution in [0, 0.1) is 0 Å². The van der Waals surface area contributed by atoms with Gasteiger partial charge < -0.3 is 21.1 Å². The molecule has 25 heavy (non-hydrogen) atoms. The molecule has 1 aromatic heterocycles. The smallest absolute Gasteiger partial charge is 0.256 e. The topological polar surface area (TPSA) is 109 Å². The van der Waals surface area contributed by atoms with Crippen LogP contribution >= 0.6 is 0 Å². The average molecular weight is 344 g/mol. The summed E-state index contributed by atoms with van der Waals surface area (Å²) in [6, 6.07) is 2.80. The Morgan fingerprint density at radius 1 is 1.48 bits per heavy atom. The molecule has 1 heterocycles. The molecule has 2 atom stereocenters. The Balaban J connectivity index is 2.14. The molecule has 0 radical (unpaired) electrons. The van der Waals surface area contributed by atoms with Crippen molar-refractivity contribution in [3.63, 3.8) is 0 Å². The predicted octanol–water partition coefficient (Wildman–Crippen LogP) is 1.42. The predicted molar refractivity (Wildman–Crippen MR) is 95.7 cm³/mol. The number of hydrogen-bond acceptors (Lipinski definition) is 5. The number of carbonyl (C=O) groups excluding carboxylic acids is 2. The third-order valence-corrected chi connectivity index (χ3v) is 3.87. The molecule has 7 nitrogen and oxygen atoms in total. The first-order valence-electron chi connectivity index (χ1n) is 8.30. The van der Waals surface area contributed by atoms with Crippen molar-refractivity contribution in [1.29, 1.82) is 0 Å². The van der Waals surface area contributed by atoms with Crippen LogP contribution in [0.25, 0.3) is 0 Å². The molecule has 1 aromatic rings. The number of anilines is 1. The molecular formula is C18H24N4O3. The van der Waals surface area contributed by atoms with Gasteiger partial charge in [0.05, 0.1) is 0 Å². The summed E-state index contributed by atoms with van der Waals surface area (Å²) in [6.45, 7) is 3.66. The van der Waals surface area contributed by atoms with Crippen LogP contribution in [0.15, 0.2) is 42.1 Å². The second-order valence-corrected chi connectivity index (χ2v) is 5.95. The van der Waals surface area contributed by atoms with Gasteiger partial charge in [0.15, 0.2) is 0 Å². The second kappa shape index (κ2) is 8.55.